The number of nitrogens with zero attached hydrogens (tertiary/aromatic N) is 1. The molecule has 1 saturated heterocycles. The molecule has 4 nitrogen and oxygen atoms in total. The molecule has 1 aromatic carbocycles. The van der Waals surface area contributed by atoms with Gasteiger partial charge in [-0.2, -0.15) is 0 Å². The van der Waals surface area contributed by atoms with Crippen molar-refractivity contribution in [3.8, 4) is 0 Å². The zero-order valence-corrected chi connectivity index (χ0v) is 10.3. The maximum Gasteiger partial charge on any atom is 0.488 e. The van der Waals surface area contributed by atoms with Gasteiger partial charge in [-0.05, 0) is 31.4 Å². The normalized spacial score (nSPS) is 24.8. The second-order valence-corrected chi connectivity index (χ2v) is 4.84. The summed E-state index contributed by atoms with van der Waals surface area (Å²) in [5, 5.41) is 21.6. The largest absolute Gasteiger partial charge is 0.488 e. The van der Waals surface area contributed by atoms with Gasteiger partial charge in [-0.25, -0.2) is 0 Å². The van der Waals surface area contributed by atoms with Crippen LogP contribution < -0.4 is 15.7 Å². The van der Waals surface area contributed by atoms with E-state index in [4.69, 9.17) is 10.0 Å². The van der Waals surface area contributed by atoms with Crippen LogP contribution in [-0.4, -0.2) is 42.3 Å². The number of hydrogen-bond donors (Lipinski definition) is 3. The van der Waals surface area contributed by atoms with Crippen LogP contribution in [0.25, 0.3) is 0 Å². The Kier molecular flexibility index (Phi) is 3.71. The predicted octanol–water partition coefficient (Wildman–Crippen LogP) is -0.447. The Morgan fingerprint density at radius 1 is 1.12 bits per heavy atom. The first-order valence-electron chi connectivity index (χ1n) is 6.03. The number of piperazine rings is 1. The summed E-state index contributed by atoms with van der Waals surface area (Å²) in [6.45, 7) is 6.31. The second kappa shape index (κ2) is 5.08. The van der Waals surface area contributed by atoms with E-state index in [1.54, 1.807) is 12.1 Å². The highest BCUT2D eigenvalue weighted by Gasteiger charge is 2.21. The molecule has 2 rings (SSSR count). The molecule has 2 unspecified atom stereocenters. The fourth-order valence-electron chi connectivity index (χ4n) is 2.39. The first-order chi connectivity index (χ1) is 8.06. The lowest BCUT2D eigenvalue weighted by atomic mass is 9.80. The number of rotatable bonds is 2. The Morgan fingerprint density at radius 2 is 1.65 bits per heavy atom. The van der Waals surface area contributed by atoms with Gasteiger partial charge in [-0.3, -0.25) is 0 Å². The maximum atomic E-state index is 9.04. The summed E-state index contributed by atoms with van der Waals surface area (Å²) < 4.78 is 0. The van der Waals surface area contributed by atoms with Crippen LogP contribution in [0.15, 0.2) is 24.3 Å². The number of nitrogens with one attached hydrogen (secondary N) is 1. The third-order valence-electron chi connectivity index (χ3n) is 3.11. The van der Waals surface area contributed by atoms with Crippen molar-refractivity contribution in [3.05, 3.63) is 24.3 Å². The molecule has 0 amide bonds. The molecule has 17 heavy (non-hydrogen) atoms. The molecule has 0 saturated carbocycles. The van der Waals surface area contributed by atoms with Crippen LogP contribution in [0.1, 0.15) is 13.8 Å². The minimum absolute atomic E-state index is 0.474. The molecule has 1 fully saturated rings. The summed E-state index contributed by atoms with van der Waals surface area (Å²) in [6, 6.07) is 8.36. The second-order valence-electron chi connectivity index (χ2n) is 4.84. The zero-order valence-electron chi connectivity index (χ0n) is 10.3. The average Bonchev–Trinajstić information content (AvgIpc) is 2.28. The van der Waals surface area contributed by atoms with Crippen molar-refractivity contribution in [2.75, 3.05) is 18.0 Å². The van der Waals surface area contributed by atoms with E-state index in [0.29, 0.717) is 17.5 Å². The fraction of sp³-hybridized carbons (Fsp3) is 0.500. The highest BCUT2D eigenvalue weighted by molar-refractivity contribution is 6.58. The van der Waals surface area contributed by atoms with Gasteiger partial charge < -0.3 is 20.3 Å². The Bertz CT molecular complexity index is 359. The number of benzene rings is 1. The van der Waals surface area contributed by atoms with Gasteiger partial charge in [0.15, 0.2) is 0 Å². The molecule has 0 spiro atoms. The lowest BCUT2D eigenvalue weighted by Gasteiger charge is -2.37. The molecular formula is C12H19BN2O2. The standard InChI is InChI=1S/C12H19BN2O2/c1-9-7-15(8-10(2)14-9)12-5-3-11(4-6-12)13(16)17/h3-6,9-10,14,16-17H,7-8H2,1-2H3. The van der Waals surface area contributed by atoms with Crippen molar-refractivity contribution < 1.29 is 10.0 Å². The van der Waals surface area contributed by atoms with Crippen LogP contribution in [0.4, 0.5) is 5.69 Å². The summed E-state index contributed by atoms with van der Waals surface area (Å²) >= 11 is 0. The molecule has 1 heterocycles. The maximum absolute atomic E-state index is 9.04. The first-order valence-corrected chi connectivity index (χ1v) is 6.03. The van der Waals surface area contributed by atoms with Crippen LogP contribution in [0.3, 0.4) is 0 Å². The van der Waals surface area contributed by atoms with Crippen LogP contribution in [0, 0.1) is 0 Å². The topological polar surface area (TPSA) is 55.7 Å². The van der Waals surface area contributed by atoms with E-state index in [1.165, 1.54) is 0 Å². The lowest BCUT2D eigenvalue weighted by molar-refractivity contribution is 0.407. The van der Waals surface area contributed by atoms with Crippen molar-refractivity contribution in [3.63, 3.8) is 0 Å². The van der Waals surface area contributed by atoms with Gasteiger partial charge in [0.25, 0.3) is 0 Å². The Morgan fingerprint density at radius 3 is 2.12 bits per heavy atom. The van der Waals surface area contributed by atoms with E-state index in [-0.39, 0.29) is 0 Å². The minimum atomic E-state index is -1.38. The molecule has 1 aromatic rings. The summed E-state index contributed by atoms with van der Waals surface area (Å²) in [4.78, 5) is 2.32. The van der Waals surface area contributed by atoms with Gasteiger partial charge in [-0.15, -0.1) is 0 Å². The smallest absolute Gasteiger partial charge is 0.423 e. The highest BCUT2D eigenvalue weighted by Crippen LogP contribution is 2.16. The number of anilines is 1. The molecule has 92 valence electrons. The van der Waals surface area contributed by atoms with Crippen molar-refractivity contribution in [1.82, 2.24) is 5.32 Å². The summed E-state index contributed by atoms with van der Waals surface area (Å²) in [7, 11) is -1.38. The summed E-state index contributed by atoms with van der Waals surface area (Å²) in [5.74, 6) is 0. The van der Waals surface area contributed by atoms with Crippen LogP contribution in [0.5, 0.6) is 0 Å². The van der Waals surface area contributed by atoms with Crippen LogP contribution in [-0.2, 0) is 0 Å². The summed E-state index contributed by atoms with van der Waals surface area (Å²) in [6.07, 6.45) is 0. The minimum Gasteiger partial charge on any atom is -0.423 e. The highest BCUT2D eigenvalue weighted by atomic mass is 16.4. The summed E-state index contributed by atoms with van der Waals surface area (Å²) in [5.41, 5.74) is 1.67. The van der Waals surface area contributed by atoms with Crippen molar-refractivity contribution in [2.45, 2.75) is 25.9 Å². The average molecular weight is 234 g/mol. The predicted molar refractivity (Wildman–Crippen MR) is 70.5 cm³/mol. The quantitative estimate of drug-likeness (QED) is 0.607. The SMILES string of the molecule is CC1CN(c2ccc(B(O)O)cc2)CC(C)N1. The third-order valence-corrected chi connectivity index (χ3v) is 3.11. The van der Waals surface area contributed by atoms with E-state index < -0.39 is 7.12 Å². The van der Waals surface area contributed by atoms with Crippen molar-refractivity contribution >= 4 is 18.3 Å². The lowest BCUT2D eigenvalue weighted by Crippen LogP contribution is -2.54. The van der Waals surface area contributed by atoms with Crippen molar-refractivity contribution in [2.24, 2.45) is 0 Å². The van der Waals surface area contributed by atoms with Crippen molar-refractivity contribution in [1.29, 1.82) is 0 Å². The first kappa shape index (κ1) is 12.4. The number of hydrogen-bond acceptors (Lipinski definition) is 4. The molecule has 0 radical (unpaired) electrons. The third kappa shape index (κ3) is 3.00. The van der Waals surface area contributed by atoms with E-state index in [0.717, 1.165) is 18.8 Å². The molecule has 0 aliphatic carbocycles. The van der Waals surface area contributed by atoms with Gasteiger partial charge in [-0.1, -0.05) is 12.1 Å². The molecular weight excluding hydrogens is 215 g/mol. The van der Waals surface area contributed by atoms with E-state index >= 15 is 0 Å². The monoisotopic (exact) mass is 234 g/mol. The molecule has 0 aromatic heterocycles. The Balaban J connectivity index is 2.11. The fourth-order valence-corrected chi connectivity index (χ4v) is 2.39. The molecule has 1 aliphatic rings. The molecule has 0 bridgehead atoms. The van der Waals surface area contributed by atoms with E-state index in [2.05, 4.69) is 24.1 Å². The molecule has 5 heteroatoms. The van der Waals surface area contributed by atoms with Crippen LogP contribution >= 0.6 is 0 Å². The van der Waals surface area contributed by atoms with Gasteiger partial charge in [0.2, 0.25) is 0 Å². The van der Waals surface area contributed by atoms with Gasteiger partial charge in [0, 0.05) is 30.9 Å². The van der Waals surface area contributed by atoms with Crippen LogP contribution in [0.2, 0.25) is 0 Å². The van der Waals surface area contributed by atoms with E-state index in [9.17, 15) is 0 Å². The Hall–Kier alpha value is -1.04. The zero-order chi connectivity index (χ0) is 12.4. The van der Waals surface area contributed by atoms with E-state index in [1.807, 2.05) is 12.1 Å². The van der Waals surface area contributed by atoms with Gasteiger partial charge in [0.05, 0.1) is 0 Å². The molecule has 2 atom stereocenters. The molecule has 1 aliphatic heterocycles. The van der Waals surface area contributed by atoms with Gasteiger partial charge in [0.1, 0.15) is 0 Å². The Labute approximate surface area is 102 Å². The van der Waals surface area contributed by atoms with Gasteiger partial charge >= 0.3 is 7.12 Å². The molecule has 3 N–H and O–H groups in total.